The maximum Gasteiger partial charge on any atom is 0.260 e. The number of likely N-dealkylation sites (tertiary alicyclic amines) is 1. The Kier molecular flexibility index (Phi) is 6.79. The second-order valence-electron chi connectivity index (χ2n) is 7.98. The van der Waals surface area contributed by atoms with Crippen molar-refractivity contribution in [2.75, 3.05) is 19.6 Å². The minimum Gasteiger partial charge on any atom is -0.481 e. The van der Waals surface area contributed by atoms with Gasteiger partial charge in [-0.3, -0.25) is 9.69 Å². The molecule has 0 aliphatic carbocycles. The molecule has 0 radical (unpaired) electrons. The molecule has 152 valence electrons. The van der Waals surface area contributed by atoms with Gasteiger partial charge in [0, 0.05) is 6.54 Å². The number of benzene rings is 1. The highest BCUT2D eigenvalue weighted by Gasteiger charge is 2.27. The first-order valence-corrected chi connectivity index (χ1v) is 10.3. The summed E-state index contributed by atoms with van der Waals surface area (Å²) >= 11 is 0. The molecule has 2 aromatic rings. The van der Waals surface area contributed by atoms with E-state index in [1.54, 1.807) is 13.2 Å². The van der Waals surface area contributed by atoms with E-state index in [1.807, 2.05) is 25.1 Å². The second-order valence-corrected chi connectivity index (χ2v) is 7.98. The molecule has 2 atom stereocenters. The van der Waals surface area contributed by atoms with E-state index in [-0.39, 0.29) is 11.9 Å². The van der Waals surface area contributed by atoms with Crippen LogP contribution >= 0.6 is 0 Å². The molecular weight excluding hydrogens is 352 g/mol. The molecule has 28 heavy (non-hydrogen) atoms. The third-order valence-corrected chi connectivity index (χ3v) is 5.39. The van der Waals surface area contributed by atoms with Crippen LogP contribution in [0.1, 0.15) is 62.5 Å². The summed E-state index contributed by atoms with van der Waals surface area (Å²) in [5.41, 5.74) is 2.25. The Balaban J connectivity index is 1.63. The fourth-order valence-electron chi connectivity index (χ4n) is 3.75. The van der Waals surface area contributed by atoms with Crippen LogP contribution in [0.4, 0.5) is 0 Å². The molecule has 0 spiro atoms. The van der Waals surface area contributed by atoms with Crippen LogP contribution in [0.15, 0.2) is 41.0 Å². The van der Waals surface area contributed by atoms with Gasteiger partial charge in [0.15, 0.2) is 6.10 Å². The molecule has 1 aromatic carbocycles. The van der Waals surface area contributed by atoms with E-state index in [9.17, 15) is 4.79 Å². The number of carbonyl (C=O) groups is 1. The summed E-state index contributed by atoms with van der Waals surface area (Å²) in [4.78, 5) is 15.1. The van der Waals surface area contributed by atoms with Gasteiger partial charge >= 0.3 is 0 Å². The first-order chi connectivity index (χ1) is 13.5. The summed E-state index contributed by atoms with van der Waals surface area (Å²) in [6.07, 6.45) is 3.51. The average Bonchev–Trinajstić information content (AvgIpc) is 3.36. The summed E-state index contributed by atoms with van der Waals surface area (Å²) < 4.78 is 11.7. The van der Waals surface area contributed by atoms with Crippen LogP contribution in [0.25, 0.3) is 0 Å². The van der Waals surface area contributed by atoms with E-state index in [2.05, 4.69) is 36.2 Å². The van der Waals surface area contributed by atoms with Crippen molar-refractivity contribution in [3.63, 3.8) is 0 Å². The Labute approximate surface area is 168 Å². The molecule has 1 fully saturated rings. The molecule has 0 unspecified atom stereocenters. The normalized spacial score (nSPS) is 16.9. The van der Waals surface area contributed by atoms with Crippen molar-refractivity contribution in [2.24, 2.45) is 0 Å². The van der Waals surface area contributed by atoms with Crippen molar-refractivity contribution >= 4 is 5.91 Å². The summed E-state index contributed by atoms with van der Waals surface area (Å²) in [5, 5.41) is 3.07. The largest absolute Gasteiger partial charge is 0.481 e. The van der Waals surface area contributed by atoms with E-state index in [0.717, 1.165) is 35.7 Å². The van der Waals surface area contributed by atoms with Gasteiger partial charge in [-0.1, -0.05) is 26.0 Å². The van der Waals surface area contributed by atoms with Gasteiger partial charge in [0.1, 0.15) is 11.5 Å². The van der Waals surface area contributed by atoms with Gasteiger partial charge < -0.3 is 14.5 Å². The van der Waals surface area contributed by atoms with Gasteiger partial charge in [-0.25, -0.2) is 0 Å². The summed E-state index contributed by atoms with van der Waals surface area (Å²) in [6, 6.07) is 10.1. The van der Waals surface area contributed by atoms with Crippen molar-refractivity contribution in [1.29, 1.82) is 0 Å². The lowest BCUT2D eigenvalue weighted by molar-refractivity contribution is -0.127. The molecule has 0 saturated carbocycles. The van der Waals surface area contributed by atoms with Crippen molar-refractivity contribution in [2.45, 2.75) is 58.6 Å². The second kappa shape index (κ2) is 9.28. The smallest absolute Gasteiger partial charge is 0.260 e. The summed E-state index contributed by atoms with van der Waals surface area (Å²) in [6.45, 7) is 10.7. The Morgan fingerprint density at radius 3 is 2.61 bits per heavy atom. The number of carbonyl (C=O) groups excluding carboxylic acids is 1. The number of nitrogens with zero attached hydrogens (tertiary/aromatic N) is 1. The van der Waals surface area contributed by atoms with Gasteiger partial charge in [-0.05, 0) is 75.0 Å². The Hall–Kier alpha value is -2.27. The highest BCUT2D eigenvalue weighted by Crippen LogP contribution is 2.28. The van der Waals surface area contributed by atoms with Crippen molar-refractivity contribution in [3.05, 3.63) is 53.5 Å². The van der Waals surface area contributed by atoms with Crippen LogP contribution in [0.3, 0.4) is 0 Å². The number of hydrogen-bond donors (Lipinski definition) is 1. The number of nitrogens with one attached hydrogen (secondary N) is 1. The number of aryl methyl sites for hydroxylation is 1. The number of amides is 1. The fraction of sp³-hybridized carbons (Fsp3) is 0.522. The minimum absolute atomic E-state index is 0.0684. The van der Waals surface area contributed by atoms with Gasteiger partial charge in [-0.2, -0.15) is 0 Å². The molecule has 1 saturated heterocycles. The summed E-state index contributed by atoms with van der Waals surface area (Å²) in [7, 11) is 0. The molecule has 1 aliphatic heterocycles. The van der Waals surface area contributed by atoms with Gasteiger partial charge in [-0.15, -0.1) is 0 Å². The molecule has 1 aliphatic rings. The van der Waals surface area contributed by atoms with E-state index in [1.165, 1.54) is 12.8 Å². The van der Waals surface area contributed by atoms with E-state index in [4.69, 9.17) is 9.15 Å². The first-order valence-electron chi connectivity index (χ1n) is 10.3. The molecule has 2 heterocycles. The molecule has 0 bridgehead atoms. The Morgan fingerprint density at radius 1 is 1.21 bits per heavy atom. The third kappa shape index (κ3) is 4.96. The van der Waals surface area contributed by atoms with Crippen LogP contribution in [0.5, 0.6) is 5.75 Å². The molecule has 3 rings (SSSR count). The third-order valence-electron chi connectivity index (χ3n) is 5.39. The maximum absolute atomic E-state index is 12.7. The van der Waals surface area contributed by atoms with Gasteiger partial charge in [0.05, 0.1) is 12.3 Å². The van der Waals surface area contributed by atoms with Crippen LogP contribution in [-0.2, 0) is 4.79 Å². The monoisotopic (exact) mass is 384 g/mol. The Morgan fingerprint density at radius 2 is 1.96 bits per heavy atom. The first kappa shape index (κ1) is 20.5. The van der Waals surface area contributed by atoms with Crippen molar-refractivity contribution in [3.8, 4) is 5.75 Å². The quantitative estimate of drug-likeness (QED) is 0.731. The molecule has 5 heteroatoms. The lowest BCUT2D eigenvalue weighted by atomic mass is 10.0. The number of rotatable bonds is 8. The zero-order chi connectivity index (χ0) is 20.1. The standard InChI is InChI=1S/C23H32N2O3/c1-16(2)19-10-9-17(3)14-22(19)28-18(4)23(26)24-15-20(21-8-7-13-27-21)25-11-5-6-12-25/h7-10,13-14,16,18,20H,5-6,11-12,15H2,1-4H3,(H,24,26)/t18-,20+/m1/s1. The highest BCUT2D eigenvalue weighted by molar-refractivity contribution is 5.80. The summed E-state index contributed by atoms with van der Waals surface area (Å²) in [5.74, 6) is 1.92. The predicted molar refractivity (Wildman–Crippen MR) is 111 cm³/mol. The van der Waals surface area contributed by atoms with Crippen LogP contribution in [0, 0.1) is 6.92 Å². The fourth-order valence-corrected chi connectivity index (χ4v) is 3.75. The lowest BCUT2D eigenvalue weighted by Crippen LogP contribution is -2.42. The Bertz CT molecular complexity index is 764. The SMILES string of the molecule is Cc1ccc(C(C)C)c(O[C@H](C)C(=O)NC[C@@H](c2ccco2)N2CCCC2)c1. The zero-order valence-electron chi connectivity index (χ0n) is 17.4. The molecular formula is C23H32N2O3. The van der Waals surface area contributed by atoms with Crippen LogP contribution in [0.2, 0.25) is 0 Å². The van der Waals surface area contributed by atoms with Gasteiger partial charge in [0.25, 0.3) is 5.91 Å². The van der Waals surface area contributed by atoms with Gasteiger partial charge in [0.2, 0.25) is 0 Å². The average molecular weight is 385 g/mol. The minimum atomic E-state index is -0.560. The predicted octanol–water partition coefficient (Wildman–Crippen LogP) is 4.43. The van der Waals surface area contributed by atoms with Crippen molar-refractivity contribution in [1.82, 2.24) is 10.2 Å². The number of ether oxygens (including phenoxy) is 1. The van der Waals surface area contributed by atoms with E-state index >= 15 is 0 Å². The maximum atomic E-state index is 12.7. The molecule has 1 amide bonds. The highest BCUT2D eigenvalue weighted by atomic mass is 16.5. The number of hydrogen-bond acceptors (Lipinski definition) is 4. The molecule has 1 aromatic heterocycles. The van der Waals surface area contributed by atoms with E-state index < -0.39 is 6.10 Å². The zero-order valence-corrected chi connectivity index (χ0v) is 17.4. The lowest BCUT2D eigenvalue weighted by Gasteiger charge is -2.27. The van der Waals surface area contributed by atoms with Crippen LogP contribution in [-0.4, -0.2) is 36.5 Å². The topological polar surface area (TPSA) is 54.7 Å². The molecule has 5 nitrogen and oxygen atoms in total. The van der Waals surface area contributed by atoms with Crippen LogP contribution < -0.4 is 10.1 Å². The number of furan rings is 1. The van der Waals surface area contributed by atoms with Crippen molar-refractivity contribution < 1.29 is 13.9 Å². The van der Waals surface area contributed by atoms with E-state index in [0.29, 0.717) is 12.5 Å². The molecule has 1 N–H and O–H groups in total.